The first kappa shape index (κ1) is 17.6. The van der Waals surface area contributed by atoms with E-state index < -0.39 is 0 Å². The average Bonchev–Trinajstić information content (AvgIpc) is 2.54. The fourth-order valence-electron chi connectivity index (χ4n) is 1.97. The molecule has 1 N–H and O–H groups in total. The molecule has 2 rings (SSSR count). The molecule has 0 aliphatic carbocycles. The monoisotopic (exact) mass is 351 g/mol. The Morgan fingerprint density at radius 3 is 2.70 bits per heavy atom. The molecule has 1 amide bonds. The van der Waals surface area contributed by atoms with Crippen LogP contribution in [0.3, 0.4) is 0 Å². The van der Waals surface area contributed by atoms with Crippen LogP contribution in [-0.2, 0) is 6.54 Å². The number of halogens is 2. The second kappa shape index (κ2) is 8.23. The fourth-order valence-corrected chi connectivity index (χ4v) is 2.44. The molecule has 5 heteroatoms. The van der Waals surface area contributed by atoms with Gasteiger partial charge in [-0.25, -0.2) is 0 Å². The number of carbonyl (C=O) groups is 1. The van der Waals surface area contributed by atoms with Gasteiger partial charge in [0.25, 0.3) is 5.91 Å². The van der Waals surface area contributed by atoms with Crippen molar-refractivity contribution >= 4 is 29.1 Å². The lowest BCUT2D eigenvalue weighted by Crippen LogP contribution is -2.23. The third-order valence-electron chi connectivity index (χ3n) is 3.46. The molecule has 122 valence electrons. The summed E-state index contributed by atoms with van der Waals surface area (Å²) in [4.78, 5) is 12.3. The summed E-state index contributed by atoms with van der Waals surface area (Å²) in [7, 11) is 0. The normalized spacial score (nSPS) is 11.8. The zero-order valence-electron chi connectivity index (χ0n) is 13.1. The summed E-state index contributed by atoms with van der Waals surface area (Å²) in [6, 6.07) is 12.3. The Kier molecular flexibility index (Phi) is 6.31. The molecule has 0 aromatic heterocycles. The van der Waals surface area contributed by atoms with E-state index in [0.717, 1.165) is 12.0 Å². The molecule has 0 saturated heterocycles. The lowest BCUT2D eigenvalue weighted by molar-refractivity contribution is 0.0950. The highest BCUT2D eigenvalue weighted by molar-refractivity contribution is 6.35. The van der Waals surface area contributed by atoms with E-state index in [1.54, 1.807) is 30.3 Å². The number of nitrogens with one attached hydrogen (secondary N) is 1. The third-order valence-corrected chi connectivity index (χ3v) is 4.05. The van der Waals surface area contributed by atoms with Crippen LogP contribution in [-0.4, -0.2) is 12.0 Å². The molecule has 23 heavy (non-hydrogen) atoms. The molecule has 2 aromatic rings. The Labute approximate surface area is 146 Å². The zero-order valence-corrected chi connectivity index (χ0v) is 14.6. The Morgan fingerprint density at radius 2 is 2.00 bits per heavy atom. The van der Waals surface area contributed by atoms with Gasteiger partial charge < -0.3 is 10.1 Å². The minimum absolute atomic E-state index is 0.112. The second-order valence-electron chi connectivity index (χ2n) is 5.28. The van der Waals surface area contributed by atoms with Gasteiger partial charge in [-0.2, -0.15) is 0 Å². The van der Waals surface area contributed by atoms with Crippen LogP contribution in [0.2, 0.25) is 10.0 Å². The minimum atomic E-state index is -0.175. The number of hydrogen-bond acceptors (Lipinski definition) is 2. The van der Waals surface area contributed by atoms with Crippen molar-refractivity contribution in [3.63, 3.8) is 0 Å². The minimum Gasteiger partial charge on any atom is -0.491 e. The number of amides is 1. The number of ether oxygens (including phenoxy) is 1. The number of benzene rings is 2. The van der Waals surface area contributed by atoms with Crippen molar-refractivity contribution in [2.24, 2.45) is 0 Å². The van der Waals surface area contributed by atoms with Gasteiger partial charge in [0.05, 0.1) is 6.10 Å². The van der Waals surface area contributed by atoms with E-state index in [2.05, 4.69) is 12.2 Å². The van der Waals surface area contributed by atoms with Crippen molar-refractivity contribution in [3.8, 4) is 5.75 Å². The maximum atomic E-state index is 12.3. The first-order valence-corrected chi connectivity index (χ1v) is 8.24. The highest BCUT2D eigenvalue weighted by atomic mass is 35.5. The Bertz CT molecular complexity index is 688. The number of hydrogen-bond donors (Lipinski definition) is 1. The summed E-state index contributed by atoms with van der Waals surface area (Å²) in [6.45, 7) is 4.39. The molecule has 0 saturated carbocycles. The van der Waals surface area contributed by atoms with Crippen molar-refractivity contribution in [3.05, 3.63) is 63.6 Å². The molecule has 0 bridgehead atoms. The zero-order chi connectivity index (χ0) is 16.8. The molecular formula is C18H19Cl2NO2. The van der Waals surface area contributed by atoms with Gasteiger partial charge in [-0.15, -0.1) is 0 Å². The van der Waals surface area contributed by atoms with Crippen molar-refractivity contribution in [2.75, 3.05) is 0 Å². The molecule has 0 heterocycles. The molecule has 1 atom stereocenters. The number of carbonyl (C=O) groups excluding carboxylic acids is 1. The van der Waals surface area contributed by atoms with Crippen molar-refractivity contribution in [2.45, 2.75) is 32.9 Å². The van der Waals surface area contributed by atoms with Crippen LogP contribution in [0.5, 0.6) is 5.75 Å². The summed E-state index contributed by atoms with van der Waals surface area (Å²) in [6.07, 6.45) is 1.02. The van der Waals surface area contributed by atoms with E-state index in [1.165, 1.54) is 0 Å². The quantitative estimate of drug-likeness (QED) is 0.785. The van der Waals surface area contributed by atoms with Gasteiger partial charge in [-0.3, -0.25) is 4.79 Å². The van der Waals surface area contributed by atoms with Crippen LogP contribution in [0, 0.1) is 0 Å². The van der Waals surface area contributed by atoms with Crippen molar-refractivity contribution in [1.29, 1.82) is 0 Å². The molecule has 0 aliphatic rings. The Balaban J connectivity index is 2.01. The van der Waals surface area contributed by atoms with E-state index in [1.807, 2.05) is 19.1 Å². The van der Waals surface area contributed by atoms with Crippen LogP contribution in [0.1, 0.15) is 36.2 Å². The Morgan fingerprint density at radius 1 is 1.22 bits per heavy atom. The highest BCUT2D eigenvalue weighted by Crippen LogP contribution is 2.21. The van der Waals surface area contributed by atoms with Gasteiger partial charge in [0, 0.05) is 22.2 Å². The second-order valence-corrected chi connectivity index (χ2v) is 6.13. The van der Waals surface area contributed by atoms with E-state index >= 15 is 0 Å². The maximum Gasteiger partial charge on any atom is 0.251 e. The van der Waals surface area contributed by atoms with Crippen molar-refractivity contribution < 1.29 is 9.53 Å². The maximum absolute atomic E-state index is 12.3. The Hall–Kier alpha value is -1.71. The van der Waals surface area contributed by atoms with E-state index in [-0.39, 0.29) is 12.0 Å². The van der Waals surface area contributed by atoms with Crippen LogP contribution in [0.4, 0.5) is 0 Å². The molecule has 3 nitrogen and oxygen atoms in total. The van der Waals surface area contributed by atoms with Gasteiger partial charge in [-0.05, 0) is 49.2 Å². The molecule has 0 spiro atoms. The SMILES string of the molecule is CCC(C)Oc1cccc(C(=O)NCc2ccc(Cl)cc2Cl)c1. The summed E-state index contributed by atoms with van der Waals surface area (Å²) in [5, 5.41) is 3.95. The predicted molar refractivity (Wildman–Crippen MR) is 94.5 cm³/mol. The van der Waals surface area contributed by atoms with Gasteiger partial charge in [0.1, 0.15) is 5.75 Å². The molecule has 2 aromatic carbocycles. The van der Waals surface area contributed by atoms with Crippen LogP contribution >= 0.6 is 23.2 Å². The van der Waals surface area contributed by atoms with Gasteiger partial charge >= 0.3 is 0 Å². The summed E-state index contributed by atoms with van der Waals surface area (Å²) in [5.41, 5.74) is 1.37. The first-order valence-electron chi connectivity index (χ1n) is 7.48. The lowest BCUT2D eigenvalue weighted by atomic mass is 10.2. The van der Waals surface area contributed by atoms with Gasteiger partial charge in [-0.1, -0.05) is 42.3 Å². The van der Waals surface area contributed by atoms with E-state index in [0.29, 0.717) is 27.9 Å². The van der Waals surface area contributed by atoms with E-state index in [9.17, 15) is 4.79 Å². The lowest BCUT2D eigenvalue weighted by Gasteiger charge is -2.13. The highest BCUT2D eigenvalue weighted by Gasteiger charge is 2.09. The van der Waals surface area contributed by atoms with Crippen molar-refractivity contribution in [1.82, 2.24) is 5.32 Å². The molecule has 0 fully saturated rings. The van der Waals surface area contributed by atoms with Gasteiger partial charge in [0.15, 0.2) is 0 Å². The number of rotatable bonds is 6. The van der Waals surface area contributed by atoms with Crippen LogP contribution in [0.15, 0.2) is 42.5 Å². The first-order chi connectivity index (χ1) is 11.0. The average molecular weight is 352 g/mol. The van der Waals surface area contributed by atoms with E-state index in [4.69, 9.17) is 27.9 Å². The summed E-state index contributed by atoms with van der Waals surface area (Å²) >= 11 is 12.0. The predicted octanol–water partition coefficient (Wildman–Crippen LogP) is 5.10. The third kappa shape index (κ3) is 5.15. The summed E-state index contributed by atoms with van der Waals surface area (Å²) < 4.78 is 5.73. The molecular weight excluding hydrogens is 333 g/mol. The van der Waals surface area contributed by atoms with Crippen LogP contribution < -0.4 is 10.1 Å². The smallest absolute Gasteiger partial charge is 0.251 e. The fraction of sp³-hybridized carbons (Fsp3) is 0.278. The molecule has 0 radical (unpaired) electrons. The van der Waals surface area contributed by atoms with Crippen LogP contribution in [0.25, 0.3) is 0 Å². The summed E-state index contributed by atoms with van der Waals surface area (Å²) in [5.74, 6) is 0.516. The standard InChI is InChI=1S/C18H19Cl2NO2/c1-3-12(2)23-16-6-4-5-13(9-16)18(22)21-11-14-7-8-15(19)10-17(14)20/h4-10,12H,3,11H2,1-2H3,(H,21,22). The topological polar surface area (TPSA) is 38.3 Å². The largest absolute Gasteiger partial charge is 0.491 e. The molecule has 0 aliphatic heterocycles. The van der Waals surface area contributed by atoms with Gasteiger partial charge in [0.2, 0.25) is 0 Å². The molecule has 1 unspecified atom stereocenters.